The molecule has 0 atom stereocenters. The van der Waals surface area contributed by atoms with Gasteiger partial charge in [0.2, 0.25) is 5.91 Å². The van der Waals surface area contributed by atoms with Crippen LogP contribution in [0.25, 0.3) is 9.88 Å². The number of amides is 2. The zero-order valence-electron chi connectivity index (χ0n) is 15.3. The Morgan fingerprint density at radius 1 is 1.25 bits per heavy atom. The lowest BCUT2D eigenvalue weighted by molar-refractivity contribution is -0.116. The van der Waals surface area contributed by atoms with Gasteiger partial charge in [-0.05, 0) is 31.2 Å². The van der Waals surface area contributed by atoms with Gasteiger partial charge in [-0.3, -0.25) is 9.59 Å². The van der Waals surface area contributed by atoms with Crippen LogP contribution in [0.2, 0.25) is 4.34 Å². The zero-order chi connectivity index (χ0) is 20.1. The molecule has 0 spiro atoms. The molecule has 1 N–H and O–H groups in total. The third-order valence-electron chi connectivity index (χ3n) is 3.89. The fourth-order valence-electron chi connectivity index (χ4n) is 2.51. The van der Waals surface area contributed by atoms with Crippen LogP contribution >= 0.6 is 34.3 Å². The molecule has 146 valence electrons. The van der Waals surface area contributed by atoms with E-state index in [2.05, 4.69) is 10.3 Å². The SMILES string of the molecule is CCN(CC(=O)Nc1ccccc1OC)C(=O)c1csc(-c2ccc(Cl)s2)n1. The molecule has 0 saturated heterocycles. The number of halogens is 1. The number of thiophene rings is 1. The van der Waals surface area contributed by atoms with Gasteiger partial charge in [0.25, 0.3) is 5.91 Å². The second-order valence-corrected chi connectivity index (χ2v) is 8.28. The van der Waals surface area contributed by atoms with Crippen LogP contribution in [0.3, 0.4) is 0 Å². The average molecular weight is 436 g/mol. The number of nitrogens with one attached hydrogen (secondary N) is 1. The maximum Gasteiger partial charge on any atom is 0.273 e. The van der Waals surface area contributed by atoms with Crippen molar-refractivity contribution < 1.29 is 14.3 Å². The molecular formula is C19H18ClN3O3S2. The molecule has 3 rings (SSSR count). The van der Waals surface area contributed by atoms with Gasteiger partial charge in [0.15, 0.2) is 0 Å². The smallest absolute Gasteiger partial charge is 0.273 e. The van der Waals surface area contributed by atoms with Crippen molar-refractivity contribution in [2.45, 2.75) is 6.92 Å². The van der Waals surface area contributed by atoms with Gasteiger partial charge in [-0.15, -0.1) is 22.7 Å². The van der Waals surface area contributed by atoms with Crippen molar-refractivity contribution in [2.24, 2.45) is 0 Å². The van der Waals surface area contributed by atoms with E-state index in [0.29, 0.717) is 28.0 Å². The Morgan fingerprint density at radius 3 is 2.71 bits per heavy atom. The Hall–Kier alpha value is -2.42. The van der Waals surface area contributed by atoms with Crippen molar-refractivity contribution in [2.75, 3.05) is 25.5 Å². The molecule has 0 bridgehead atoms. The highest BCUT2D eigenvalue weighted by molar-refractivity contribution is 7.23. The monoisotopic (exact) mass is 435 g/mol. The minimum absolute atomic E-state index is 0.0783. The minimum atomic E-state index is -0.305. The number of thiazole rings is 1. The van der Waals surface area contributed by atoms with Crippen LogP contribution in [0.4, 0.5) is 5.69 Å². The van der Waals surface area contributed by atoms with Crippen LogP contribution in [0.15, 0.2) is 41.8 Å². The summed E-state index contributed by atoms with van der Waals surface area (Å²) < 4.78 is 5.90. The van der Waals surface area contributed by atoms with Crippen LogP contribution in [0.1, 0.15) is 17.4 Å². The average Bonchev–Trinajstić information content (AvgIpc) is 3.35. The summed E-state index contributed by atoms with van der Waals surface area (Å²) in [4.78, 5) is 32.0. The Labute approximate surface area is 175 Å². The summed E-state index contributed by atoms with van der Waals surface area (Å²) in [6, 6.07) is 10.8. The van der Waals surface area contributed by atoms with E-state index >= 15 is 0 Å². The summed E-state index contributed by atoms with van der Waals surface area (Å²) in [6.45, 7) is 2.13. The number of nitrogens with zero attached hydrogens (tertiary/aromatic N) is 2. The van der Waals surface area contributed by atoms with Gasteiger partial charge < -0.3 is 15.0 Å². The molecule has 0 fully saturated rings. The van der Waals surface area contributed by atoms with Crippen molar-refractivity contribution in [1.29, 1.82) is 0 Å². The lowest BCUT2D eigenvalue weighted by Crippen LogP contribution is -2.38. The maximum atomic E-state index is 12.8. The number of hydrogen-bond acceptors (Lipinski definition) is 6. The normalized spacial score (nSPS) is 10.5. The standard InChI is InChI=1S/C19H18ClN3O3S2/c1-3-23(10-17(24)21-12-6-4-5-7-14(12)26-2)19(25)13-11-27-18(22-13)15-8-9-16(20)28-15/h4-9,11H,3,10H2,1-2H3,(H,21,24). The molecule has 0 aliphatic rings. The minimum Gasteiger partial charge on any atom is -0.495 e. The molecule has 0 radical (unpaired) electrons. The maximum absolute atomic E-state index is 12.8. The third-order valence-corrected chi connectivity index (χ3v) is 6.13. The van der Waals surface area contributed by atoms with Crippen molar-refractivity contribution in [1.82, 2.24) is 9.88 Å². The first-order valence-electron chi connectivity index (χ1n) is 8.45. The van der Waals surface area contributed by atoms with Crippen LogP contribution in [0, 0.1) is 0 Å². The van der Waals surface area contributed by atoms with E-state index in [1.54, 1.807) is 29.6 Å². The number of carbonyl (C=O) groups is 2. The van der Waals surface area contributed by atoms with Crippen LogP contribution in [0.5, 0.6) is 5.75 Å². The van der Waals surface area contributed by atoms with Crippen LogP contribution in [-0.4, -0.2) is 41.9 Å². The second-order valence-electron chi connectivity index (χ2n) is 5.71. The molecule has 0 aliphatic carbocycles. The molecule has 28 heavy (non-hydrogen) atoms. The predicted molar refractivity (Wildman–Crippen MR) is 114 cm³/mol. The highest BCUT2D eigenvalue weighted by Gasteiger charge is 2.21. The quantitative estimate of drug-likeness (QED) is 0.587. The van der Waals surface area contributed by atoms with Gasteiger partial charge in [0.1, 0.15) is 23.0 Å². The van der Waals surface area contributed by atoms with Crippen molar-refractivity contribution in [3.05, 3.63) is 51.8 Å². The highest BCUT2D eigenvalue weighted by Crippen LogP contribution is 2.33. The Balaban J connectivity index is 1.68. The summed E-state index contributed by atoms with van der Waals surface area (Å²) >= 11 is 8.75. The highest BCUT2D eigenvalue weighted by atomic mass is 35.5. The Bertz CT molecular complexity index is 986. The summed E-state index contributed by atoms with van der Waals surface area (Å²) in [7, 11) is 1.54. The van der Waals surface area contributed by atoms with E-state index in [9.17, 15) is 9.59 Å². The molecule has 9 heteroatoms. The first-order valence-corrected chi connectivity index (χ1v) is 10.5. The number of rotatable bonds is 7. The number of aromatic nitrogens is 1. The second kappa shape index (κ2) is 9.18. The third kappa shape index (κ3) is 4.70. The zero-order valence-corrected chi connectivity index (χ0v) is 17.7. The lowest BCUT2D eigenvalue weighted by Gasteiger charge is -2.19. The molecule has 0 unspecified atom stereocenters. The van der Waals surface area contributed by atoms with E-state index in [-0.39, 0.29) is 18.4 Å². The van der Waals surface area contributed by atoms with Gasteiger partial charge in [0.05, 0.1) is 22.0 Å². The molecule has 1 aromatic carbocycles. The summed E-state index contributed by atoms with van der Waals surface area (Å²) in [6.07, 6.45) is 0. The topological polar surface area (TPSA) is 71.5 Å². The van der Waals surface area contributed by atoms with E-state index in [1.165, 1.54) is 34.7 Å². The number of likely N-dealkylation sites (N-methyl/N-ethyl adjacent to an activating group) is 1. The molecular weight excluding hydrogens is 418 g/mol. The van der Waals surface area contributed by atoms with E-state index in [1.807, 2.05) is 19.1 Å². The molecule has 2 amide bonds. The fourth-order valence-corrected chi connectivity index (χ4v) is 4.42. The van der Waals surface area contributed by atoms with Crippen LogP contribution < -0.4 is 10.1 Å². The summed E-state index contributed by atoms with van der Waals surface area (Å²) in [5, 5.41) is 5.21. The number of hydrogen-bond donors (Lipinski definition) is 1. The van der Waals surface area contributed by atoms with E-state index < -0.39 is 0 Å². The Morgan fingerprint density at radius 2 is 2.04 bits per heavy atom. The van der Waals surface area contributed by atoms with Crippen LogP contribution in [-0.2, 0) is 4.79 Å². The summed E-state index contributed by atoms with van der Waals surface area (Å²) in [5.74, 6) is -0.0352. The fraction of sp³-hybridized carbons (Fsp3) is 0.211. The number of anilines is 1. The number of methoxy groups -OCH3 is 1. The first-order chi connectivity index (χ1) is 13.5. The van der Waals surface area contributed by atoms with Gasteiger partial charge >= 0.3 is 0 Å². The number of ether oxygens (including phenoxy) is 1. The van der Waals surface area contributed by atoms with E-state index in [4.69, 9.17) is 16.3 Å². The number of carbonyl (C=O) groups excluding carboxylic acids is 2. The largest absolute Gasteiger partial charge is 0.495 e. The molecule has 6 nitrogen and oxygen atoms in total. The van der Waals surface area contributed by atoms with Gasteiger partial charge in [-0.1, -0.05) is 23.7 Å². The Kier molecular flexibility index (Phi) is 6.66. The van der Waals surface area contributed by atoms with E-state index in [0.717, 1.165) is 9.88 Å². The lowest BCUT2D eigenvalue weighted by atomic mass is 10.3. The number of benzene rings is 1. The number of para-hydroxylation sites is 2. The molecule has 3 aromatic rings. The van der Waals surface area contributed by atoms with Gasteiger partial charge in [-0.2, -0.15) is 0 Å². The first kappa shape index (κ1) is 20.3. The molecule has 2 heterocycles. The molecule has 2 aromatic heterocycles. The summed E-state index contributed by atoms with van der Waals surface area (Å²) in [5.41, 5.74) is 0.875. The predicted octanol–water partition coefficient (Wildman–Crippen LogP) is 4.63. The van der Waals surface area contributed by atoms with Gasteiger partial charge in [-0.25, -0.2) is 4.98 Å². The molecule has 0 aliphatic heterocycles. The molecule has 0 saturated carbocycles. The van der Waals surface area contributed by atoms with Gasteiger partial charge in [0, 0.05) is 11.9 Å². The van der Waals surface area contributed by atoms with Crippen molar-refractivity contribution in [3.63, 3.8) is 0 Å². The van der Waals surface area contributed by atoms with Crippen molar-refractivity contribution >= 4 is 51.8 Å². The van der Waals surface area contributed by atoms with Crippen molar-refractivity contribution in [3.8, 4) is 15.6 Å².